The smallest absolute Gasteiger partial charge is 0.290 e. The number of nitrogens with one attached hydrogen (secondary N) is 1. The van der Waals surface area contributed by atoms with Crippen LogP contribution in [0, 0.1) is 13.8 Å². The maximum atomic E-state index is 12.4. The van der Waals surface area contributed by atoms with Gasteiger partial charge in [0.2, 0.25) is 6.54 Å². The predicted molar refractivity (Wildman–Crippen MR) is 96.6 cm³/mol. The quantitative estimate of drug-likeness (QED) is 0.727. The molecule has 2 aromatic carbocycles. The van der Waals surface area contributed by atoms with Crippen LogP contribution in [0.5, 0.6) is 0 Å². The number of rotatable bonds is 4. The van der Waals surface area contributed by atoms with E-state index in [0.29, 0.717) is 0 Å². The highest BCUT2D eigenvalue weighted by molar-refractivity contribution is 5.90. The van der Waals surface area contributed by atoms with Gasteiger partial charge in [0.25, 0.3) is 5.91 Å². The number of amides is 1. The highest BCUT2D eigenvalue weighted by atomic mass is 16.1. The molecule has 0 spiro atoms. The van der Waals surface area contributed by atoms with Crippen molar-refractivity contribution in [1.82, 2.24) is 0 Å². The fraction of sp³-hybridized carbons (Fsp3) is 0.143. The van der Waals surface area contributed by atoms with Crippen LogP contribution in [0.25, 0.3) is 11.1 Å². The first-order chi connectivity index (χ1) is 11.6. The normalized spacial score (nSPS) is 10.4. The Kier molecular flexibility index (Phi) is 4.71. The molecule has 1 N–H and O–H groups in total. The Morgan fingerprint density at radius 3 is 2.50 bits per heavy atom. The largest absolute Gasteiger partial charge is 0.320 e. The maximum absolute atomic E-state index is 12.4. The second kappa shape index (κ2) is 7.09. The lowest BCUT2D eigenvalue weighted by atomic mass is 10.1. The predicted octanol–water partition coefficient (Wildman–Crippen LogP) is 3.90. The first-order valence-electron chi connectivity index (χ1n) is 8.03. The van der Waals surface area contributed by atoms with Gasteiger partial charge in [0.1, 0.15) is 0 Å². The van der Waals surface area contributed by atoms with Crippen molar-refractivity contribution < 1.29 is 9.36 Å². The molecule has 0 atom stereocenters. The van der Waals surface area contributed by atoms with Crippen molar-refractivity contribution in [2.24, 2.45) is 0 Å². The van der Waals surface area contributed by atoms with Crippen LogP contribution in [-0.2, 0) is 11.3 Å². The van der Waals surface area contributed by atoms with Crippen LogP contribution in [0.2, 0.25) is 0 Å². The zero-order valence-electron chi connectivity index (χ0n) is 14.0. The Morgan fingerprint density at radius 2 is 1.71 bits per heavy atom. The first kappa shape index (κ1) is 15.9. The van der Waals surface area contributed by atoms with Gasteiger partial charge < -0.3 is 5.32 Å². The summed E-state index contributed by atoms with van der Waals surface area (Å²) >= 11 is 0. The molecule has 0 aliphatic rings. The second-order valence-electron chi connectivity index (χ2n) is 6.00. The summed E-state index contributed by atoms with van der Waals surface area (Å²) in [6, 6.07) is 20.2. The van der Waals surface area contributed by atoms with Gasteiger partial charge in [-0.25, -0.2) is 0 Å². The summed E-state index contributed by atoms with van der Waals surface area (Å²) in [5.74, 6) is -0.0288. The van der Waals surface area contributed by atoms with Gasteiger partial charge >= 0.3 is 0 Å². The van der Waals surface area contributed by atoms with Crippen molar-refractivity contribution >= 4 is 11.6 Å². The van der Waals surface area contributed by atoms with Crippen LogP contribution in [0.3, 0.4) is 0 Å². The fourth-order valence-corrected chi connectivity index (χ4v) is 2.65. The highest BCUT2D eigenvalue weighted by Gasteiger charge is 2.12. The average Bonchev–Trinajstić information content (AvgIpc) is 2.59. The van der Waals surface area contributed by atoms with E-state index < -0.39 is 0 Å². The van der Waals surface area contributed by atoms with Crippen LogP contribution in [0.15, 0.2) is 73.1 Å². The third-order valence-corrected chi connectivity index (χ3v) is 3.96. The molecule has 3 rings (SSSR count). The Balaban J connectivity index is 1.74. The Hall–Kier alpha value is -2.94. The van der Waals surface area contributed by atoms with Gasteiger partial charge in [-0.2, -0.15) is 4.57 Å². The van der Waals surface area contributed by atoms with Crippen molar-refractivity contribution in [2.45, 2.75) is 20.4 Å². The Morgan fingerprint density at radius 1 is 0.958 bits per heavy atom. The average molecular weight is 317 g/mol. The lowest BCUT2D eigenvalue weighted by Crippen LogP contribution is -2.39. The van der Waals surface area contributed by atoms with Gasteiger partial charge in [0, 0.05) is 17.3 Å². The number of aryl methyl sites for hydroxylation is 2. The number of carbonyl (C=O) groups excluding carboxylic acids is 1. The molecule has 0 saturated carbocycles. The molecule has 0 bridgehead atoms. The summed E-state index contributed by atoms with van der Waals surface area (Å²) < 4.78 is 1.91. The molecule has 0 saturated heterocycles. The lowest BCUT2D eigenvalue weighted by Gasteiger charge is -2.08. The van der Waals surface area contributed by atoms with Gasteiger partial charge in [-0.1, -0.05) is 42.5 Å². The number of hydrogen-bond donors (Lipinski definition) is 1. The molecule has 120 valence electrons. The molecule has 1 amide bonds. The summed E-state index contributed by atoms with van der Waals surface area (Å²) in [6.07, 6.45) is 3.91. The number of nitrogens with zero attached hydrogens (tertiary/aromatic N) is 1. The van der Waals surface area contributed by atoms with Crippen molar-refractivity contribution in [3.05, 3.63) is 84.2 Å². The number of pyridine rings is 1. The van der Waals surface area contributed by atoms with E-state index in [4.69, 9.17) is 0 Å². The summed E-state index contributed by atoms with van der Waals surface area (Å²) in [5, 5.41) is 3.00. The highest BCUT2D eigenvalue weighted by Crippen LogP contribution is 2.17. The van der Waals surface area contributed by atoms with E-state index >= 15 is 0 Å². The molecule has 0 fully saturated rings. The Bertz CT molecular complexity index is 857. The topological polar surface area (TPSA) is 33.0 Å². The lowest BCUT2D eigenvalue weighted by molar-refractivity contribution is -0.683. The summed E-state index contributed by atoms with van der Waals surface area (Å²) in [6.45, 7) is 4.31. The minimum Gasteiger partial charge on any atom is -0.320 e. The molecular weight excluding hydrogens is 296 g/mol. The molecule has 1 aromatic heterocycles. The van der Waals surface area contributed by atoms with Crippen molar-refractivity contribution in [2.75, 3.05) is 5.32 Å². The van der Waals surface area contributed by atoms with Crippen molar-refractivity contribution in [3.63, 3.8) is 0 Å². The van der Waals surface area contributed by atoms with E-state index in [-0.39, 0.29) is 12.5 Å². The molecule has 0 aliphatic carbocycles. The summed E-state index contributed by atoms with van der Waals surface area (Å²) in [4.78, 5) is 12.4. The van der Waals surface area contributed by atoms with E-state index in [2.05, 4.69) is 23.5 Å². The van der Waals surface area contributed by atoms with E-state index in [9.17, 15) is 4.79 Å². The van der Waals surface area contributed by atoms with E-state index in [1.807, 2.05) is 73.3 Å². The van der Waals surface area contributed by atoms with Gasteiger partial charge in [0.05, 0.1) is 0 Å². The van der Waals surface area contributed by atoms with E-state index in [1.165, 1.54) is 0 Å². The first-order valence-corrected chi connectivity index (χ1v) is 8.03. The van der Waals surface area contributed by atoms with Crippen LogP contribution in [-0.4, -0.2) is 5.91 Å². The SMILES string of the molecule is Cc1ccc(C)c(NC(=O)C[n+]2cccc(-c3ccccc3)c2)c1. The molecule has 3 aromatic rings. The molecule has 0 aliphatic heterocycles. The number of anilines is 1. The van der Waals surface area contributed by atoms with Gasteiger partial charge in [-0.05, 0) is 42.7 Å². The van der Waals surface area contributed by atoms with Gasteiger partial charge in [-0.15, -0.1) is 0 Å². The fourth-order valence-electron chi connectivity index (χ4n) is 2.65. The zero-order chi connectivity index (χ0) is 16.9. The number of carbonyl (C=O) groups is 1. The maximum Gasteiger partial charge on any atom is 0.290 e. The van der Waals surface area contributed by atoms with E-state index in [0.717, 1.165) is 27.9 Å². The number of aromatic nitrogens is 1. The van der Waals surface area contributed by atoms with Gasteiger partial charge in [-0.3, -0.25) is 4.79 Å². The van der Waals surface area contributed by atoms with Crippen LogP contribution >= 0.6 is 0 Å². The molecule has 3 heteroatoms. The van der Waals surface area contributed by atoms with Crippen molar-refractivity contribution in [3.8, 4) is 11.1 Å². The van der Waals surface area contributed by atoms with E-state index in [1.54, 1.807) is 0 Å². The summed E-state index contributed by atoms with van der Waals surface area (Å²) in [7, 11) is 0. The minimum atomic E-state index is -0.0288. The van der Waals surface area contributed by atoms with Crippen LogP contribution in [0.1, 0.15) is 11.1 Å². The van der Waals surface area contributed by atoms with Crippen LogP contribution in [0.4, 0.5) is 5.69 Å². The standard InChI is InChI=1S/C21H20N2O/c1-16-10-11-17(2)20(13-16)22-21(24)15-23-12-6-9-19(14-23)18-7-4-3-5-8-18/h3-14H,15H2,1-2H3/p+1. The second-order valence-corrected chi connectivity index (χ2v) is 6.00. The van der Waals surface area contributed by atoms with Gasteiger partial charge in [0.15, 0.2) is 12.4 Å². The molecular formula is C21H21N2O+. The molecule has 24 heavy (non-hydrogen) atoms. The van der Waals surface area contributed by atoms with Crippen LogP contribution < -0.4 is 9.88 Å². The zero-order valence-corrected chi connectivity index (χ0v) is 14.0. The third kappa shape index (κ3) is 3.87. The number of benzene rings is 2. The number of hydrogen-bond acceptors (Lipinski definition) is 1. The molecule has 0 unspecified atom stereocenters. The Labute approximate surface area is 142 Å². The monoisotopic (exact) mass is 317 g/mol. The summed E-state index contributed by atoms with van der Waals surface area (Å²) in [5.41, 5.74) is 5.31. The molecule has 1 heterocycles. The molecule has 3 nitrogen and oxygen atoms in total. The minimum absolute atomic E-state index is 0.0288. The molecule has 0 radical (unpaired) electrons. The third-order valence-electron chi connectivity index (χ3n) is 3.96. The van der Waals surface area contributed by atoms with Crippen molar-refractivity contribution in [1.29, 1.82) is 0 Å².